The Bertz CT molecular complexity index is 1030. The highest BCUT2D eigenvalue weighted by Gasteiger charge is 2.32. The van der Waals surface area contributed by atoms with Gasteiger partial charge in [0.15, 0.2) is 0 Å². The molecule has 2 N–H and O–H groups in total. The monoisotopic (exact) mass is 409 g/mol. The summed E-state index contributed by atoms with van der Waals surface area (Å²) >= 11 is 0. The van der Waals surface area contributed by atoms with Gasteiger partial charge in [0.05, 0.1) is 6.20 Å². The van der Waals surface area contributed by atoms with E-state index in [1.165, 1.54) is 0 Å². The average molecular weight is 409 g/mol. The van der Waals surface area contributed by atoms with Gasteiger partial charge in [0.25, 0.3) is 5.91 Å². The third-order valence-electron chi connectivity index (χ3n) is 5.92. The van der Waals surface area contributed by atoms with Gasteiger partial charge in [-0.25, -0.2) is 4.52 Å². The van der Waals surface area contributed by atoms with E-state index in [0.717, 1.165) is 24.1 Å². The molecule has 9 heteroatoms. The van der Waals surface area contributed by atoms with Gasteiger partial charge in [-0.2, -0.15) is 5.10 Å². The predicted octanol–water partition coefficient (Wildman–Crippen LogP) is 0.967. The molecule has 0 radical (unpaired) electrons. The number of rotatable bonds is 7. The first-order valence-corrected chi connectivity index (χ1v) is 10.2. The fourth-order valence-corrected chi connectivity index (χ4v) is 4.09. The number of hydrogen-bond acceptors (Lipinski definition) is 5. The molecule has 4 rings (SSSR count). The number of fused-ring (bicyclic) bond motifs is 1. The topological polar surface area (TPSA) is 96.6 Å². The van der Waals surface area contributed by atoms with Gasteiger partial charge in [-0.3, -0.25) is 19.5 Å². The molecule has 0 saturated carbocycles. The Morgan fingerprint density at radius 2 is 1.87 bits per heavy atom. The van der Waals surface area contributed by atoms with Crippen molar-refractivity contribution in [2.45, 2.75) is 37.9 Å². The first-order valence-electron chi connectivity index (χ1n) is 10.2. The number of aromatic nitrogens is 4. The minimum atomic E-state index is -0.126. The van der Waals surface area contributed by atoms with E-state index in [2.05, 4.69) is 25.6 Å². The molecule has 3 aromatic rings. The van der Waals surface area contributed by atoms with Crippen molar-refractivity contribution in [1.29, 1.82) is 0 Å². The molecule has 9 nitrogen and oxygen atoms in total. The molecular weight excluding hydrogens is 382 g/mol. The Morgan fingerprint density at radius 1 is 1.10 bits per heavy atom. The summed E-state index contributed by atoms with van der Waals surface area (Å²) in [5.41, 5.74) is 2.37. The molecule has 1 fully saturated rings. The second-order valence-electron chi connectivity index (χ2n) is 7.83. The van der Waals surface area contributed by atoms with Gasteiger partial charge in [0.1, 0.15) is 11.2 Å². The molecule has 2 amide bonds. The third kappa shape index (κ3) is 4.20. The molecule has 158 valence electrons. The van der Waals surface area contributed by atoms with E-state index in [1.807, 2.05) is 43.2 Å². The lowest BCUT2D eigenvalue weighted by Gasteiger charge is -2.25. The number of carbonyl (C=O) groups is 2. The van der Waals surface area contributed by atoms with Crippen LogP contribution < -0.4 is 10.6 Å². The van der Waals surface area contributed by atoms with Gasteiger partial charge in [-0.15, -0.1) is 0 Å². The number of likely N-dealkylation sites (N-methyl/N-ethyl adjacent to an activating group) is 1. The van der Waals surface area contributed by atoms with E-state index in [4.69, 9.17) is 0 Å². The summed E-state index contributed by atoms with van der Waals surface area (Å²) in [4.78, 5) is 31.2. The zero-order chi connectivity index (χ0) is 21.1. The molecule has 0 aliphatic carbocycles. The lowest BCUT2D eigenvalue weighted by atomic mass is 10.1. The molecule has 0 bridgehead atoms. The lowest BCUT2D eigenvalue weighted by molar-refractivity contribution is -0.122. The number of amides is 2. The first-order chi connectivity index (χ1) is 14.5. The lowest BCUT2D eigenvalue weighted by Crippen LogP contribution is -2.42. The number of hydrogen-bond donors (Lipinski definition) is 2. The second kappa shape index (κ2) is 8.66. The third-order valence-corrected chi connectivity index (χ3v) is 5.92. The SMILES string of the molecule is CN1[C@@H](CC(=O)NCc2ccncc2)CC[C@H]1CNC(=O)c1cnn2ccn(C)c12. The van der Waals surface area contributed by atoms with Crippen LogP contribution in [0.1, 0.15) is 35.2 Å². The summed E-state index contributed by atoms with van der Waals surface area (Å²) in [6.45, 7) is 1.06. The highest BCUT2D eigenvalue weighted by Crippen LogP contribution is 2.24. The summed E-state index contributed by atoms with van der Waals surface area (Å²) in [5, 5.41) is 10.2. The molecule has 1 aliphatic heterocycles. The summed E-state index contributed by atoms with van der Waals surface area (Å²) in [6, 6.07) is 4.18. The molecule has 0 aromatic carbocycles. The van der Waals surface area contributed by atoms with Gasteiger partial charge in [-0.1, -0.05) is 0 Å². The van der Waals surface area contributed by atoms with Crippen molar-refractivity contribution in [1.82, 2.24) is 34.7 Å². The van der Waals surface area contributed by atoms with Crippen LogP contribution >= 0.6 is 0 Å². The van der Waals surface area contributed by atoms with Crippen LogP contribution in [0.25, 0.3) is 5.65 Å². The minimum absolute atomic E-state index is 0.0410. The van der Waals surface area contributed by atoms with Crippen LogP contribution in [0.2, 0.25) is 0 Å². The number of aryl methyl sites for hydroxylation is 1. The largest absolute Gasteiger partial charge is 0.352 e. The Labute approximate surface area is 175 Å². The molecule has 2 atom stereocenters. The molecule has 30 heavy (non-hydrogen) atoms. The van der Waals surface area contributed by atoms with Crippen molar-refractivity contribution in [3.8, 4) is 0 Å². The Kier molecular flexibility index (Phi) is 5.80. The quantitative estimate of drug-likeness (QED) is 0.606. The van der Waals surface area contributed by atoms with E-state index < -0.39 is 0 Å². The molecule has 4 heterocycles. The Morgan fingerprint density at radius 3 is 2.67 bits per heavy atom. The fraction of sp³-hybridized carbons (Fsp3) is 0.429. The van der Waals surface area contributed by atoms with Crippen molar-refractivity contribution in [3.63, 3.8) is 0 Å². The predicted molar refractivity (Wildman–Crippen MR) is 112 cm³/mol. The van der Waals surface area contributed by atoms with Gasteiger partial charge in [0.2, 0.25) is 5.91 Å². The summed E-state index contributed by atoms with van der Waals surface area (Å²) in [6.07, 6.45) is 11.1. The highest BCUT2D eigenvalue weighted by atomic mass is 16.2. The molecule has 3 aromatic heterocycles. The van der Waals surface area contributed by atoms with E-state index in [9.17, 15) is 9.59 Å². The number of imidazole rings is 1. The first kappa shape index (κ1) is 20.1. The number of carbonyl (C=O) groups excluding carboxylic acids is 2. The van der Waals surface area contributed by atoms with Crippen molar-refractivity contribution < 1.29 is 9.59 Å². The molecule has 1 saturated heterocycles. The van der Waals surface area contributed by atoms with Crippen molar-refractivity contribution >= 4 is 17.5 Å². The Balaban J connectivity index is 1.26. The Hall–Kier alpha value is -3.20. The summed E-state index contributed by atoms with van der Waals surface area (Å²) < 4.78 is 3.57. The van der Waals surface area contributed by atoms with E-state index in [0.29, 0.717) is 25.1 Å². The van der Waals surface area contributed by atoms with Crippen molar-refractivity contribution in [3.05, 3.63) is 54.2 Å². The zero-order valence-corrected chi connectivity index (χ0v) is 17.3. The van der Waals surface area contributed by atoms with Gasteiger partial charge < -0.3 is 15.2 Å². The molecule has 0 spiro atoms. The van der Waals surface area contributed by atoms with Crippen molar-refractivity contribution in [2.75, 3.05) is 13.6 Å². The minimum Gasteiger partial charge on any atom is -0.352 e. The van der Waals surface area contributed by atoms with Crippen LogP contribution in [0.15, 0.2) is 43.1 Å². The van der Waals surface area contributed by atoms with Crippen molar-refractivity contribution in [2.24, 2.45) is 7.05 Å². The van der Waals surface area contributed by atoms with E-state index in [1.54, 1.807) is 23.1 Å². The van der Waals surface area contributed by atoms with Crippen LogP contribution in [-0.2, 0) is 18.4 Å². The maximum Gasteiger partial charge on any atom is 0.256 e. The van der Waals surface area contributed by atoms with Crippen LogP contribution in [0.3, 0.4) is 0 Å². The normalized spacial score (nSPS) is 19.3. The standard InChI is InChI=1S/C21H27N7O2/c1-26-9-10-28-21(26)18(14-25-28)20(30)24-13-17-4-3-16(27(17)2)11-19(29)23-12-15-5-7-22-8-6-15/h5-10,14,16-17H,3-4,11-13H2,1-2H3,(H,23,29)(H,24,30)/t16-,17+/m1/s1. The average Bonchev–Trinajstić information content (AvgIpc) is 3.43. The molecule has 1 aliphatic rings. The summed E-state index contributed by atoms with van der Waals surface area (Å²) in [5.74, 6) is -0.0851. The highest BCUT2D eigenvalue weighted by molar-refractivity contribution is 5.99. The van der Waals surface area contributed by atoms with Crippen LogP contribution in [0.4, 0.5) is 0 Å². The smallest absolute Gasteiger partial charge is 0.256 e. The number of nitrogens with zero attached hydrogens (tertiary/aromatic N) is 5. The van der Waals surface area contributed by atoms with Crippen LogP contribution in [0.5, 0.6) is 0 Å². The maximum atomic E-state index is 12.6. The zero-order valence-electron chi connectivity index (χ0n) is 17.3. The van der Waals surface area contributed by atoms with E-state index in [-0.39, 0.29) is 23.9 Å². The van der Waals surface area contributed by atoms with Crippen LogP contribution in [-0.4, -0.2) is 61.6 Å². The van der Waals surface area contributed by atoms with Gasteiger partial charge >= 0.3 is 0 Å². The number of nitrogens with one attached hydrogen (secondary N) is 2. The molecular formula is C21H27N7O2. The molecule has 0 unspecified atom stereocenters. The van der Waals surface area contributed by atoms with E-state index >= 15 is 0 Å². The second-order valence-corrected chi connectivity index (χ2v) is 7.83. The summed E-state index contributed by atoms with van der Waals surface area (Å²) in [7, 11) is 3.92. The number of pyridine rings is 1. The van der Waals surface area contributed by atoms with Crippen LogP contribution in [0, 0.1) is 0 Å². The number of likely N-dealkylation sites (tertiary alicyclic amines) is 1. The fourth-order valence-electron chi connectivity index (χ4n) is 4.09. The van der Waals surface area contributed by atoms with Gasteiger partial charge in [-0.05, 0) is 37.6 Å². The van der Waals surface area contributed by atoms with Gasteiger partial charge in [0, 0.05) is 63.4 Å². The maximum absolute atomic E-state index is 12.6.